The molecule has 2 aromatic carbocycles. The van der Waals surface area contributed by atoms with Crippen molar-refractivity contribution in [3.05, 3.63) is 53.0 Å². The summed E-state index contributed by atoms with van der Waals surface area (Å²) in [5.41, 5.74) is 0. The van der Waals surface area contributed by atoms with Crippen LogP contribution in [-0.4, -0.2) is 8.76 Å². The molecule has 0 aliphatic carbocycles. The van der Waals surface area contributed by atoms with E-state index in [1.165, 1.54) is 0 Å². The topological polar surface area (TPSA) is 46.5 Å². The fourth-order valence-corrected chi connectivity index (χ4v) is 1.90. The second-order valence-corrected chi connectivity index (χ2v) is 5.16. The molecule has 0 bridgehead atoms. The van der Waals surface area contributed by atoms with Gasteiger partial charge in [0.15, 0.2) is 11.1 Å². The second-order valence-electron chi connectivity index (χ2n) is 3.28. The molecular weight excluding hydrogens is 304 g/mol. The summed E-state index contributed by atoms with van der Waals surface area (Å²) in [5, 5.41) is 0. The van der Waals surface area contributed by atoms with Crippen LogP contribution in [0, 0.1) is 0 Å². The Morgan fingerprint density at radius 1 is 0.941 bits per heavy atom. The van der Waals surface area contributed by atoms with Crippen LogP contribution in [0.25, 0.3) is 0 Å². The molecule has 0 spiro atoms. The molecule has 3 nitrogen and oxygen atoms in total. The SMILES string of the molecule is O=S(O)c1ccc(Oc2ccc(Br)cc2)cc1. The lowest BCUT2D eigenvalue weighted by Gasteiger charge is -2.05. The number of ether oxygens (including phenoxy) is 1. The molecular formula is C12H9BrO3S. The average Bonchev–Trinajstić information content (AvgIpc) is 2.33. The smallest absolute Gasteiger partial charge is 0.186 e. The number of hydrogen-bond donors (Lipinski definition) is 1. The minimum atomic E-state index is -1.95. The monoisotopic (exact) mass is 312 g/mol. The zero-order chi connectivity index (χ0) is 12.3. The van der Waals surface area contributed by atoms with Crippen LogP contribution in [0.1, 0.15) is 0 Å². The van der Waals surface area contributed by atoms with E-state index in [-0.39, 0.29) is 0 Å². The molecule has 1 N–H and O–H groups in total. The first-order valence-electron chi connectivity index (χ1n) is 4.79. The van der Waals surface area contributed by atoms with Gasteiger partial charge in [-0.2, -0.15) is 0 Å². The highest BCUT2D eigenvalue weighted by Crippen LogP contribution is 2.23. The van der Waals surface area contributed by atoms with E-state index in [1.807, 2.05) is 24.3 Å². The standard InChI is InChI=1S/C12H9BrO3S/c13-9-1-3-10(4-2-9)16-11-5-7-12(8-6-11)17(14)15/h1-8H,(H,14,15). The van der Waals surface area contributed by atoms with Crippen molar-refractivity contribution in [2.45, 2.75) is 4.90 Å². The van der Waals surface area contributed by atoms with Crippen LogP contribution < -0.4 is 4.74 Å². The summed E-state index contributed by atoms with van der Waals surface area (Å²) < 4.78 is 26.2. The van der Waals surface area contributed by atoms with Gasteiger partial charge in [-0.25, -0.2) is 4.21 Å². The fraction of sp³-hybridized carbons (Fsp3) is 0. The Kier molecular flexibility index (Phi) is 3.93. The molecule has 1 atom stereocenters. The van der Waals surface area contributed by atoms with Gasteiger partial charge in [0.1, 0.15) is 11.5 Å². The van der Waals surface area contributed by atoms with E-state index in [1.54, 1.807) is 24.3 Å². The van der Waals surface area contributed by atoms with Crippen LogP contribution in [-0.2, 0) is 11.1 Å². The van der Waals surface area contributed by atoms with E-state index in [9.17, 15) is 4.21 Å². The van der Waals surface area contributed by atoms with Gasteiger partial charge in [0.05, 0.1) is 4.90 Å². The van der Waals surface area contributed by atoms with Gasteiger partial charge in [0.25, 0.3) is 0 Å². The van der Waals surface area contributed by atoms with E-state index in [0.717, 1.165) is 4.47 Å². The Morgan fingerprint density at radius 2 is 1.41 bits per heavy atom. The van der Waals surface area contributed by atoms with Crippen molar-refractivity contribution < 1.29 is 13.5 Å². The molecule has 0 saturated heterocycles. The van der Waals surface area contributed by atoms with Crippen LogP contribution in [0.15, 0.2) is 57.9 Å². The number of hydrogen-bond acceptors (Lipinski definition) is 2. The zero-order valence-electron chi connectivity index (χ0n) is 8.67. The van der Waals surface area contributed by atoms with E-state index in [4.69, 9.17) is 9.29 Å². The first-order chi connectivity index (χ1) is 8.15. The molecule has 2 rings (SSSR count). The normalized spacial score (nSPS) is 12.1. The first-order valence-corrected chi connectivity index (χ1v) is 6.69. The van der Waals surface area contributed by atoms with Crippen LogP contribution in [0.3, 0.4) is 0 Å². The maximum atomic E-state index is 10.8. The van der Waals surface area contributed by atoms with Gasteiger partial charge in [-0.15, -0.1) is 0 Å². The summed E-state index contributed by atoms with van der Waals surface area (Å²) in [6, 6.07) is 13.9. The summed E-state index contributed by atoms with van der Waals surface area (Å²) in [4.78, 5) is 0.355. The van der Waals surface area contributed by atoms with Crippen molar-refractivity contribution in [1.29, 1.82) is 0 Å². The van der Waals surface area contributed by atoms with Gasteiger partial charge in [-0.05, 0) is 48.5 Å². The van der Waals surface area contributed by atoms with Crippen LogP contribution >= 0.6 is 15.9 Å². The van der Waals surface area contributed by atoms with Crippen molar-refractivity contribution in [2.24, 2.45) is 0 Å². The van der Waals surface area contributed by atoms with Gasteiger partial charge in [-0.3, -0.25) is 0 Å². The highest BCUT2D eigenvalue weighted by atomic mass is 79.9. The lowest BCUT2D eigenvalue weighted by atomic mass is 10.3. The number of halogens is 1. The van der Waals surface area contributed by atoms with Crippen molar-refractivity contribution in [3.63, 3.8) is 0 Å². The minimum Gasteiger partial charge on any atom is -0.457 e. The van der Waals surface area contributed by atoms with E-state index < -0.39 is 11.1 Å². The van der Waals surface area contributed by atoms with Crippen molar-refractivity contribution >= 4 is 27.0 Å². The van der Waals surface area contributed by atoms with Crippen LogP contribution in [0.2, 0.25) is 0 Å². The first kappa shape index (κ1) is 12.3. The van der Waals surface area contributed by atoms with Gasteiger partial charge in [0, 0.05) is 4.47 Å². The largest absolute Gasteiger partial charge is 0.457 e. The van der Waals surface area contributed by atoms with Gasteiger partial charge < -0.3 is 9.29 Å². The fourth-order valence-electron chi connectivity index (χ4n) is 1.26. The molecule has 0 amide bonds. The molecule has 17 heavy (non-hydrogen) atoms. The number of rotatable bonds is 3. The van der Waals surface area contributed by atoms with Gasteiger partial charge >= 0.3 is 0 Å². The third-order valence-corrected chi connectivity index (χ3v) is 3.28. The summed E-state index contributed by atoms with van der Waals surface area (Å²) in [7, 11) is 0. The molecule has 0 radical (unpaired) electrons. The highest BCUT2D eigenvalue weighted by Gasteiger charge is 2.01. The third kappa shape index (κ3) is 3.39. The summed E-state index contributed by atoms with van der Waals surface area (Å²) in [5.74, 6) is 1.34. The summed E-state index contributed by atoms with van der Waals surface area (Å²) >= 11 is 1.39. The maximum Gasteiger partial charge on any atom is 0.186 e. The predicted octanol–water partition coefficient (Wildman–Crippen LogP) is 3.82. The van der Waals surface area contributed by atoms with Crippen LogP contribution in [0.5, 0.6) is 11.5 Å². The Hall–Kier alpha value is -1.17. The molecule has 0 aliphatic rings. The van der Waals surface area contributed by atoms with Gasteiger partial charge in [-0.1, -0.05) is 15.9 Å². The minimum absolute atomic E-state index is 0.355. The molecule has 2 aromatic rings. The Bertz CT molecular complexity index is 522. The van der Waals surface area contributed by atoms with E-state index >= 15 is 0 Å². The highest BCUT2D eigenvalue weighted by molar-refractivity contribution is 9.10. The van der Waals surface area contributed by atoms with Crippen molar-refractivity contribution in [2.75, 3.05) is 0 Å². The van der Waals surface area contributed by atoms with Crippen LogP contribution in [0.4, 0.5) is 0 Å². The molecule has 0 aromatic heterocycles. The van der Waals surface area contributed by atoms with Crippen molar-refractivity contribution in [1.82, 2.24) is 0 Å². The molecule has 1 unspecified atom stereocenters. The molecule has 88 valence electrons. The zero-order valence-corrected chi connectivity index (χ0v) is 11.1. The summed E-state index contributed by atoms with van der Waals surface area (Å²) in [6.45, 7) is 0. The van der Waals surface area contributed by atoms with Gasteiger partial charge in [0.2, 0.25) is 0 Å². The summed E-state index contributed by atoms with van der Waals surface area (Å²) in [6.07, 6.45) is 0. The lowest BCUT2D eigenvalue weighted by Crippen LogP contribution is -1.88. The molecule has 0 aliphatic heterocycles. The average molecular weight is 313 g/mol. The quantitative estimate of drug-likeness (QED) is 0.876. The Balaban J connectivity index is 2.13. The predicted molar refractivity (Wildman–Crippen MR) is 69.7 cm³/mol. The maximum absolute atomic E-state index is 10.8. The second kappa shape index (κ2) is 5.44. The van der Waals surface area contributed by atoms with E-state index in [0.29, 0.717) is 16.4 Å². The van der Waals surface area contributed by atoms with E-state index in [2.05, 4.69) is 15.9 Å². The Morgan fingerprint density at radius 3 is 1.88 bits per heavy atom. The lowest BCUT2D eigenvalue weighted by molar-refractivity contribution is 0.482. The molecule has 5 heteroatoms. The number of benzene rings is 2. The molecule has 0 fully saturated rings. The molecule has 0 saturated carbocycles. The van der Waals surface area contributed by atoms with Crippen molar-refractivity contribution in [3.8, 4) is 11.5 Å². The molecule has 0 heterocycles. The Labute approximate surface area is 110 Å². The third-order valence-electron chi connectivity index (χ3n) is 2.07.